The summed E-state index contributed by atoms with van der Waals surface area (Å²) in [6.45, 7) is 9.63. The molecule has 5 nitrogen and oxygen atoms in total. The maximum Gasteiger partial charge on any atom is 0.165 e. The average Bonchev–Trinajstić information content (AvgIpc) is 2.81. The van der Waals surface area contributed by atoms with Crippen LogP contribution >= 0.6 is 0 Å². The van der Waals surface area contributed by atoms with Crippen molar-refractivity contribution in [2.45, 2.75) is 65.6 Å². The Hall–Kier alpha value is -0.970. The second kappa shape index (κ2) is 4.72. The SMILES string of the molecule is CC(C)n1nnnc1CNC1CCCC1(C)C. The van der Waals surface area contributed by atoms with Gasteiger partial charge in [0.1, 0.15) is 0 Å². The van der Waals surface area contributed by atoms with Crippen LogP contribution in [0.5, 0.6) is 0 Å². The topological polar surface area (TPSA) is 55.6 Å². The van der Waals surface area contributed by atoms with E-state index in [1.165, 1.54) is 19.3 Å². The second-order valence-electron chi connectivity index (χ2n) is 5.95. The molecule has 0 aromatic carbocycles. The standard InChI is InChI=1S/C12H23N5/c1-9(2)17-11(14-15-16-17)8-13-10-6-5-7-12(10,3)4/h9-10,13H,5-8H2,1-4H3. The van der Waals surface area contributed by atoms with Gasteiger partial charge in [0.15, 0.2) is 5.82 Å². The van der Waals surface area contributed by atoms with Gasteiger partial charge in [-0.15, -0.1) is 5.10 Å². The normalized spacial score (nSPS) is 23.5. The van der Waals surface area contributed by atoms with Crippen LogP contribution < -0.4 is 5.32 Å². The summed E-state index contributed by atoms with van der Waals surface area (Å²) >= 11 is 0. The lowest BCUT2D eigenvalue weighted by Gasteiger charge is -2.27. The Bertz CT molecular complexity index is 369. The fraction of sp³-hybridized carbons (Fsp3) is 0.917. The predicted octanol–water partition coefficient (Wildman–Crippen LogP) is 1.92. The number of rotatable bonds is 4. The van der Waals surface area contributed by atoms with Gasteiger partial charge in [0.25, 0.3) is 0 Å². The quantitative estimate of drug-likeness (QED) is 0.869. The monoisotopic (exact) mass is 237 g/mol. The summed E-state index contributed by atoms with van der Waals surface area (Å²) in [4.78, 5) is 0. The predicted molar refractivity (Wildman–Crippen MR) is 66.5 cm³/mol. The third-order valence-corrected chi connectivity index (χ3v) is 3.81. The van der Waals surface area contributed by atoms with Gasteiger partial charge in [0.2, 0.25) is 0 Å². The van der Waals surface area contributed by atoms with Crippen LogP contribution in [-0.2, 0) is 6.54 Å². The lowest BCUT2D eigenvalue weighted by Crippen LogP contribution is -2.37. The molecule has 1 aromatic heterocycles. The molecular formula is C12H23N5. The molecule has 1 heterocycles. The number of aromatic nitrogens is 4. The van der Waals surface area contributed by atoms with E-state index < -0.39 is 0 Å². The minimum absolute atomic E-state index is 0.318. The fourth-order valence-corrected chi connectivity index (χ4v) is 2.65. The van der Waals surface area contributed by atoms with Crippen molar-refractivity contribution in [2.24, 2.45) is 5.41 Å². The largest absolute Gasteiger partial charge is 0.306 e. The van der Waals surface area contributed by atoms with Gasteiger partial charge in [-0.2, -0.15) is 0 Å². The molecule has 1 aromatic rings. The first kappa shape index (κ1) is 12.5. The molecule has 1 saturated carbocycles. The first-order valence-electron chi connectivity index (χ1n) is 6.51. The summed E-state index contributed by atoms with van der Waals surface area (Å²) in [5.74, 6) is 0.933. The second-order valence-corrected chi connectivity index (χ2v) is 5.95. The van der Waals surface area contributed by atoms with E-state index in [1.54, 1.807) is 0 Å². The van der Waals surface area contributed by atoms with Crippen LogP contribution in [0.2, 0.25) is 0 Å². The number of hydrogen-bond acceptors (Lipinski definition) is 4. The zero-order valence-corrected chi connectivity index (χ0v) is 11.3. The van der Waals surface area contributed by atoms with Crippen LogP contribution in [0.4, 0.5) is 0 Å². The van der Waals surface area contributed by atoms with Crippen molar-refractivity contribution in [1.29, 1.82) is 0 Å². The van der Waals surface area contributed by atoms with E-state index in [-0.39, 0.29) is 0 Å². The average molecular weight is 237 g/mol. The zero-order chi connectivity index (χ0) is 12.5. The van der Waals surface area contributed by atoms with Crippen molar-refractivity contribution < 1.29 is 0 Å². The van der Waals surface area contributed by atoms with E-state index >= 15 is 0 Å². The van der Waals surface area contributed by atoms with E-state index in [0.717, 1.165) is 12.4 Å². The third kappa shape index (κ3) is 2.65. The van der Waals surface area contributed by atoms with Crippen LogP contribution in [0.1, 0.15) is 58.8 Å². The molecule has 17 heavy (non-hydrogen) atoms. The molecule has 1 aliphatic rings. The molecule has 2 rings (SSSR count). The Labute approximate surface area is 103 Å². The Morgan fingerprint density at radius 1 is 1.47 bits per heavy atom. The molecule has 96 valence electrons. The zero-order valence-electron chi connectivity index (χ0n) is 11.3. The summed E-state index contributed by atoms with van der Waals surface area (Å²) < 4.78 is 1.88. The van der Waals surface area contributed by atoms with Gasteiger partial charge in [-0.1, -0.05) is 20.3 Å². The summed E-state index contributed by atoms with van der Waals surface area (Å²) in [5, 5.41) is 15.5. The molecule has 0 aliphatic heterocycles. The molecule has 1 N–H and O–H groups in total. The third-order valence-electron chi connectivity index (χ3n) is 3.81. The summed E-state index contributed by atoms with van der Waals surface area (Å²) in [5.41, 5.74) is 0.399. The Morgan fingerprint density at radius 2 is 2.24 bits per heavy atom. The van der Waals surface area contributed by atoms with Gasteiger partial charge >= 0.3 is 0 Å². The van der Waals surface area contributed by atoms with Crippen LogP contribution in [0.25, 0.3) is 0 Å². The Morgan fingerprint density at radius 3 is 2.82 bits per heavy atom. The van der Waals surface area contributed by atoms with Gasteiger partial charge in [-0.3, -0.25) is 0 Å². The molecule has 0 saturated heterocycles. The molecule has 1 atom stereocenters. The highest BCUT2D eigenvalue weighted by Gasteiger charge is 2.34. The lowest BCUT2D eigenvalue weighted by atomic mass is 9.87. The molecule has 1 aliphatic carbocycles. The van der Waals surface area contributed by atoms with E-state index in [1.807, 2.05) is 4.68 Å². The van der Waals surface area contributed by atoms with Crippen molar-refractivity contribution in [1.82, 2.24) is 25.5 Å². The Balaban J connectivity index is 1.96. The van der Waals surface area contributed by atoms with E-state index in [4.69, 9.17) is 0 Å². The summed E-state index contributed by atoms with van der Waals surface area (Å²) in [6.07, 6.45) is 3.88. The molecule has 1 unspecified atom stereocenters. The molecular weight excluding hydrogens is 214 g/mol. The van der Waals surface area contributed by atoms with Crippen molar-refractivity contribution >= 4 is 0 Å². The van der Waals surface area contributed by atoms with Crippen LogP contribution in [0, 0.1) is 5.41 Å². The number of hydrogen-bond donors (Lipinski definition) is 1. The minimum atomic E-state index is 0.318. The van der Waals surface area contributed by atoms with Crippen molar-refractivity contribution in [2.75, 3.05) is 0 Å². The molecule has 0 bridgehead atoms. The van der Waals surface area contributed by atoms with Crippen LogP contribution in [0.3, 0.4) is 0 Å². The maximum atomic E-state index is 4.09. The van der Waals surface area contributed by atoms with Gasteiger partial charge in [0.05, 0.1) is 12.6 Å². The van der Waals surface area contributed by atoms with E-state index in [2.05, 4.69) is 48.5 Å². The summed E-state index contributed by atoms with van der Waals surface area (Å²) in [6, 6.07) is 0.901. The van der Waals surface area contributed by atoms with Gasteiger partial charge in [-0.05, 0) is 42.5 Å². The minimum Gasteiger partial charge on any atom is -0.306 e. The summed E-state index contributed by atoms with van der Waals surface area (Å²) in [7, 11) is 0. The van der Waals surface area contributed by atoms with Crippen LogP contribution in [0.15, 0.2) is 0 Å². The highest BCUT2D eigenvalue weighted by atomic mass is 15.5. The molecule has 0 spiro atoms. The van der Waals surface area contributed by atoms with Crippen molar-refractivity contribution in [3.05, 3.63) is 5.82 Å². The molecule has 1 fully saturated rings. The number of nitrogens with zero attached hydrogens (tertiary/aromatic N) is 4. The van der Waals surface area contributed by atoms with Gasteiger partial charge < -0.3 is 5.32 Å². The number of nitrogens with one attached hydrogen (secondary N) is 1. The first-order chi connectivity index (χ1) is 8.00. The van der Waals surface area contributed by atoms with E-state index in [0.29, 0.717) is 17.5 Å². The number of tetrazole rings is 1. The highest BCUT2D eigenvalue weighted by Crippen LogP contribution is 2.37. The maximum absolute atomic E-state index is 4.09. The van der Waals surface area contributed by atoms with E-state index in [9.17, 15) is 0 Å². The molecule has 5 heteroatoms. The first-order valence-corrected chi connectivity index (χ1v) is 6.51. The highest BCUT2D eigenvalue weighted by molar-refractivity contribution is 4.92. The van der Waals surface area contributed by atoms with Crippen LogP contribution in [-0.4, -0.2) is 26.2 Å². The smallest absolute Gasteiger partial charge is 0.165 e. The lowest BCUT2D eigenvalue weighted by molar-refractivity contribution is 0.278. The van der Waals surface area contributed by atoms with Gasteiger partial charge in [-0.25, -0.2) is 4.68 Å². The molecule has 0 radical (unpaired) electrons. The van der Waals surface area contributed by atoms with Crippen molar-refractivity contribution in [3.63, 3.8) is 0 Å². The van der Waals surface area contributed by atoms with Crippen molar-refractivity contribution in [3.8, 4) is 0 Å². The molecule has 0 amide bonds. The van der Waals surface area contributed by atoms with Gasteiger partial charge in [0, 0.05) is 6.04 Å². The fourth-order valence-electron chi connectivity index (χ4n) is 2.65. The Kier molecular flexibility index (Phi) is 3.47.